The minimum Gasteiger partial charge on any atom is -0.486 e. The number of rotatable bonds is 7. The molecule has 3 rings (SSSR count). The Hall–Kier alpha value is -2.42. The topological polar surface area (TPSA) is 85.4 Å². The van der Waals surface area contributed by atoms with Gasteiger partial charge in [-0.05, 0) is 36.4 Å². The van der Waals surface area contributed by atoms with E-state index >= 15 is 0 Å². The Kier molecular flexibility index (Phi) is 6.33. The Morgan fingerprint density at radius 3 is 2.61 bits per heavy atom. The SMILES string of the molecule is CS(=O)(=O)c1ccccc1NC(=O)Cc1csc(COc2ccc(Cl)cc2)n1. The summed E-state index contributed by atoms with van der Waals surface area (Å²) in [7, 11) is -3.44. The number of amides is 1. The van der Waals surface area contributed by atoms with E-state index in [1.807, 2.05) is 0 Å². The van der Waals surface area contributed by atoms with Crippen LogP contribution in [0.1, 0.15) is 10.7 Å². The minimum atomic E-state index is -3.44. The van der Waals surface area contributed by atoms with Crippen molar-refractivity contribution in [3.05, 3.63) is 69.6 Å². The molecule has 1 amide bonds. The number of aromatic nitrogens is 1. The molecule has 2 aromatic carbocycles. The van der Waals surface area contributed by atoms with Crippen LogP contribution in [0, 0.1) is 0 Å². The standard InChI is InChI=1S/C19H17ClN2O4S2/c1-28(24,25)17-5-3-2-4-16(17)22-18(23)10-14-12-27-19(21-14)11-26-15-8-6-13(20)7-9-15/h2-9,12H,10-11H2,1H3,(H,22,23). The second-order valence-corrected chi connectivity index (χ2v) is 9.33. The highest BCUT2D eigenvalue weighted by Crippen LogP contribution is 2.21. The van der Waals surface area contributed by atoms with Crippen molar-refractivity contribution in [2.75, 3.05) is 11.6 Å². The van der Waals surface area contributed by atoms with Crippen LogP contribution in [-0.4, -0.2) is 25.6 Å². The van der Waals surface area contributed by atoms with E-state index in [4.69, 9.17) is 16.3 Å². The zero-order chi connectivity index (χ0) is 20.1. The molecule has 28 heavy (non-hydrogen) atoms. The molecule has 6 nitrogen and oxygen atoms in total. The summed E-state index contributed by atoms with van der Waals surface area (Å²) in [6.07, 6.45) is 1.14. The monoisotopic (exact) mass is 436 g/mol. The molecule has 0 saturated carbocycles. The Balaban J connectivity index is 1.59. The van der Waals surface area contributed by atoms with Crippen LogP contribution in [0.3, 0.4) is 0 Å². The van der Waals surface area contributed by atoms with Gasteiger partial charge < -0.3 is 10.1 Å². The molecule has 0 spiro atoms. The number of hydrogen-bond acceptors (Lipinski definition) is 6. The molecule has 0 fully saturated rings. The quantitative estimate of drug-likeness (QED) is 0.605. The fourth-order valence-corrected chi connectivity index (χ4v) is 4.10. The molecule has 1 N–H and O–H groups in total. The third kappa shape index (κ3) is 5.54. The van der Waals surface area contributed by atoms with E-state index in [1.54, 1.807) is 47.8 Å². The maximum absolute atomic E-state index is 12.3. The summed E-state index contributed by atoms with van der Waals surface area (Å²) in [5, 5.41) is 5.78. The molecule has 3 aromatic rings. The van der Waals surface area contributed by atoms with Crippen LogP contribution >= 0.6 is 22.9 Å². The molecule has 146 valence electrons. The lowest BCUT2D eigenvalue weighted by molar-refractivity contribution is -0.115. The predicted octanol–water partition coefficient (Wildman–Crippen LogP) is 3.96. The fraction of sp³-hybridized carbons (Fsp3) is 0.158. The Morgan fingerprint density at radius 1 is 1.18 bits per heavy atom. The largest absolute Gasteiger partial charge is 0.486 e. The highest BCUT2D eigenvalue weighted by Gasteiger charge is 2.15. The zero-order valence-electron chi connectivity index (χ0n) is 14.9. The van der Waals surface area contributed by atoms with E-state index in [1.165, 1.54) is 17.4 Å². The van der Waals surface area contributed by atoms with Gasteiger partial charge in [-0.25, -0.2) is 13.4 Å². The number of thiazole rings is 1. The number of para-hydroxylation sites is 1. The lowest BCUT2D eigenvalue weighted by Crippen LogP contribution is -2.16. The lowest BCUT2D eigenvalue weighted by Gasteiger charge is -2.09. The second-order valence-electron chi connectivity index (χ2n) is 5.97. The minimum absolute atomic E-state index is 0.0372. The maximum Gasteiger partial charge on any atom is 0.230 e. The molecular formula is C19H17ClN2O4S2. The highest BCUT2D eigenvalue weighted by atomic mass is 35.5. The van der Waals surface area contributed by atoms with E-state index in [9.17, 15) is 13.2 Å². The summed E-state index contributed by atoms with van der Waals surface area (Å²) in [4.78, 5) is 16.8. The van der Waals surface area contributed by atoms with E-state index in [0.29, 0.717) is 16.5 Å². The summed E-state index contributed by atoms with van der Waals surface area (Å²) in [6, 6.07) is 13.3. The number of sulfone groups is 1. The molecule has 0 radical (unpaired) electrons. The number of anilines is 1. The van der Waals surface area contributed by atoms with Crippen LogP contribution in [-0.2, 0) is 27.7 Å². The summed E-state index contributed by atoms with van der Waals surface area (Å²) in [5.74, 6) is 0.336. The maximum atomic E-state index is 12.3. The number of carbonyl (C=O) groups excluding carboxylic acids is 1. The molecule has 9 heteroatoms. The summed E-state index contributed by atoms with van der Waals surface area (Å²) < 4.78 is 29.3. The molecule has 0 unspecified atom stereocenters. The van der Waals surface area contributed by atoms with Crippen molar-refractivity contribution in [3.63, 3.8) is 0 Å². The zero-order valence-corrected chi connectivity index (χ0v) is 17.3. The summed E-state index contributed by atoms with van der Waals surface area (Å²) in [5.41, 5.74) is 0.852. The smallest absolute Gasteiger partial charge is 0.230 e. The fourth-order valence-electron chi connectivity index (χ4n) is 2.42. The second kappa shape index (κ2) is 8.72. The van der Waals surface area contributed by atoms with Gasteiger partial charge in [-0.1, -0.05) is 23.7 Å². The molecule has 0 saturated heterocycles. The summed E-state index contributed by atoms with van der Waals surface area (Å²) in [6.45, 7) is 0.283. The van der Waals surface area contributed by atoms with E-state index < -0.39 is 9.84 Å². The van der Waals surface area contributed by atoms with Gasteiger partial charge in [0.05, 0.1) is 22.7 Å². The number of ether oxygens (including phenoxy) is 1. The van der Waals surface area contributed by atoms with Gasteiger partial charge in [0.25, 0.3) is 0 Å². The first-order chi connectivity index (χ1) is 13.3. The first kappa shape index (κ1) is 20.3. The summed E-state index contributed by atoms with van der Waals surface area (Å²) >= 11 is 7.23. The first-order valence-corrected chi connectivity index (χ1v) is 11.4. The van der Waals surface area contributed by atoms with Crippen LogP contribution in [0.15, 0.2) is 58.8 Å². The Labute approximate surface area is 172 Å². The van der Waals surface area contributed by atoms with Crippen molar-refractivity contribution >= 4 is 44.4 Å². The third-order valence-electron chi connectivity index (χ3n) is 3.68. The lowest BCUT2D eigenvalue weighted by atomic mass is 10.3. The first-order valence-electron chi connectivity index (χ1n) is 8.22. The van der Waals surface area contributed by atoms with Crippen molar-refractivity contribution < 1.29 is 17.9 Å². The van der Waals surface area contributed by atoms with Gasteiger partial charge in [-0.3, -0.25) is 4.79 Å². The molecule has 0 aliphatic carbocycles. The number of halogens is 1. The van der Waals surface area contributed by atoms with E-state index in [-0.39, 0.29) is 29.5 Å². The molecular weight excluding hydrogens is 420 g/mol. The highest BCUT2D eigenvalue weighted by molar-refractivity contribution is 7.90. The van der Waals surface area contributed by atoms with Crippen LogP contribution in [0.4, 0.5) is 5.69 Å². The predicted molar refractivity (Wildman–Crippen MR) is 110 cm³/mol. The van der Waals surface area contributed by atoms with Crippen molar-refractivity contribution in [1.82, 2.24) is 4.98 Å². The van der Waals surface area contributed by atoms with Gasteiger partial charge in [-0.2, -0.15) is 0 Å². The third-order valence-corrected chi connectivity index (χ3v) is 5.96. The Bertz CT molecular complexity index is 1080. The van der Waals surface area contributed by atoms with Gasteiger partial charge in [-0.15, -0.1) is 11.3 Å². The molecule has 1 heterocycles. The molecule has 0 aliphatic heterocycles. The van der Waals surface area contributed by atoms with E-state index in [2.05, 4.69) is 10.3 Å². The van der Waals surface area contributed by atoms with E-state index in [0.717, 1.165) is 11.3 Å². The number of nitrogens with zero attached hydrogens (tertiary/aromatic N) is 1. The molecule has 1 aromatic heterocycles. The number of nitrogens with one attached hydrogen (secondary N) is 1. The van der Waals surface area contributed by atoms with Crippen LogP contribution < -0.4 is 10.1 Å². The molecule has 0 aliphatic rings. The van der Waals surface area contributed by atoms with Crippen molar-refractivity contribution in [2.45, 2.75) is 17.9 Å². The van der Waals surface area contributed by atoms with Crippen molar-refractivity contribution in [1.29, 1.82) is 0 Å². The van der Waals surface area contributed by atoms with Gasteiger partial charge in [0, 0.05) is 16.7 Å². The molecule has 0 bridgehead atoms. The average Bonchev–Trinajstić information content (AvgIpc) is 3.08. The molecule has 0 atom stereocenters. The van der Waals surface area contributed by atoms with Crippen molar-refractivity contribution in [3.8, 4) is 5.75 Å². The number of hydrogen-bond donors (Lipinski definition) is 1. The van der Waals surface area contributed by atoms with Gasteiger partial charge in [0.2, 0.25) is 5.91 Å². The normalized spacial score (nSPS) is 11.2. The van der Waals surface area contributed by atoms with Gasteiger partial charge in [0.1, 0.15) is 17.4 Å². The average molecular weight is 437 g/mol. The van der Waals surface area contributed by atoms with Gasteiger partial charge in [0.15, 0.2) is 9.84 Å². The Morgan fingerprint density at radius 2 is 1.89 bits per heavy atom. The van der Waals surface area contributed by atoms with Crippen LogP contribution in [0.5, 0.6) is 5.75 Å². The number of carbonyl (C=O) groups is 1. The van der Waals surface area contributed by atoms with Crippen LogP contribution in [0.2, 0.25) is 5.02 Å². The van der Waals surface area contributed by atoms with Gasteiger partial charge >= 0.3 is 0 Å². The van der Waals surface area contributed by atoms with Crippen LogP contribution in [0.25, 0.3) is 0 Å². The number of benzene rings is 2. The van der Waals surface area contributed by atoms with Crippen molar-refractivity contribution in [2.24, 2.45) is 0 Å².